The highest BCUT2D eigenvalue weighted by Crippen LogP contribution is 2.29. The average molecular weight is 264 g/mol. The molecule has 0 spiro atoms. The van der Waals surface area contributed by atoms with Crippen LogP contribution in [0.15, 0.2) is 18.2 Å². The number of nitrogens with zero attached hydrogens (tertiary/aromatic N) is 2. The summed E-state index contributed by atoms with van der Waals surface area (Å²) in [7, 11) is 2.03. The molecule has 1 aliphatic carbocycles. The SMILES string of the molecule is CN(c1ccc([N+](=O)[O-])c(CO)c1)C1CCCCC1. The van der Waals surface area contributed by atoms with Gasteiger partial charge in [0.25, 0.3) is 5.69 Å². The van der Waals surface area contributed by atoms with Crippen LogP contribution in [0.4, 0.5) is 11.4 Å². The molecule has 1 fully saturated rings. The van der Waals surface area contributed by atoms with Gasteiger partial charge in [0.15, 0.2) is 0 Å². The van der Waals surface area contributed by atoms with E-state index in [-0.39, 0.29) is 12.3 Å². The van der Waals surface area contributed by atoms with Crippen molar-refractivity contribution in [2.75, 3.05) is 11.9 Å². The summed E-state index contributed by atoms with van der Waals surface area (Å²) in [5, 5.41) is 20.1. The van der Waals surface area contributed by atoms with Gasteiger partial charge in [0.05, 0.1) is 17.1 Å². The Labute approximate surface area is 113 Å². The summed E-state index contributed by atoms with van der Waals surface area (Å²) in [5.41, 5.74) is 1.31. The molecular weight excluding hydrogens is 244 g/mol. The van der Waals surface area contributed by atoms with Crippen molar-refractivity contribution in [2.45, 2.75) is 44.8 Å². The smallest absolute Gasteiger partial charge is 0.275 e. The zero-order valence-electron chi connectivity index (χ0n) is 11.2. The maximum Gasteiger partial charge on any atom is 0.275 e. The van der Waals surface area contributed by atoms with E-state index in [0.717, 1.165) is 5.69 Å². The van der Waals surface area contributed by atoms with Crippen molar-refractivity contribution in [3.8, 4) is 0 Å². The quantitative estimate of drug-likeness (QED) is 0.670. The molecule has 0 aliphatic heterocycles. The van der Waals surface area contributed by atoms with Gasteiger partial charge in [-0.25, -0.2) is 0 Å². The number of benzene rings is 1. The van der Waals surface area contributed by atoms with Crippen molar-refractivity contribution in [1.82, 2.24) is 0 Å². The molecule has 19 heavy (non-hydrogen) atoms. The first-order valence-corrected chi connectivity index (χ1v) is 6.74. The van der Waals surface area contributed by atoms with E-state index in [4.69, 9.17) is 0 Å². The number of aliphatic hydroxyl groups is 1. The molecule has 0 heterocycles. The van der Waals surface area contributed by atoms with Gasteiger partial charge in [-0.15, -0.1) is 0 Å². The largest absolute Gasteiger partial charge is 0.391 e. The third-order valence-corrected chi connectivity index (χ3v) is 3.96. The van der Waals surface area contributed by atoms with E-state index in [1.54, 1.807) is 12.1 Å². The van der Waals surface area contributed by atoms with E-state index < -0.39 is 4.92 Å². The molecule has 1 aromatic carbocycles. The highest BCUT2D eigenvalue weighted by atomic mass is 16.6. The molecule has 1 aliphatic rings. The van der Waals surface area contributed by atoms with E-state index in [2.05, 4.69) is 4.90 Å². The topological polar surface area (TPSA) is 66.6 Å². The van der Waals surface area contributed by atoms with Gasteiger partial charge in [-0.1, -0.05) is 19.3 Å². The maximum absolute atomic E-state index is 10.8. The highest BCUT2D eigenvalue weighted by molar-refractivity contribution is 5.55. The van der Waals surface area contributed by atoms with Crippen LogP contribution in [0.25, 0.3) is 0 Å². The van der Waals surface area contributed by atoms with Crippen LogP contribution in [0.5, 0.6) is 0 Å². The molecule has 1 N–H and O–H groups in total. The van der Waals surface area contributed by atoms with Gasteiger partial charge in [-0.3, -0.25) is 10.1 Å². The van der Waals surface area contributed by atoms with Crippen LogP contribution in [0.2, 0.25) is 0 Å². The fourth-order valence-electron chi connectivity index (χ4n) is 2.78. The minimum Gasteiger partial charge on any atom is -0.391 e. The van der Waals surface area contributed by atoms with Crippen molar-refractivity contribution >= 4 is 11.4 Å². The number of hydrogen-bond donors (Lipinski definition) is 1. The number of nitro groups is 1. The summed E-state index contributed by atoms with van der Waals surface area (Å²) in [4.78, 5) is 12.6. The van der Waals surface area contributed by atoms with Crippen LogP contribution in [-0.4, -0.2) is 23.1 Å². The fraction of sp³-hybridized carbons (Fsp3) is 0.571. The Morgan fingerprint density at radius 2 is 2.05 bits per heavy atom. The van der Waals surface area contributed by atoms with Gasteiger partial charge in [-0.05, 0) is 25.0 Å². The maximum atomic E-state index is 10.8. The summed E-state index contributed by atoms with van der Waals surface area (Å²) in [6.07, 6.45) is 6.13. The second-order valence-corrected chi connectivity index (χ2v) is 5.13. The first kappa shape index (κ1) is 13.8. The average Bonchev–Trinajstić information content (AvgIpc) is 2.46. The third-order valence-electron chi connectivity index (χ3n) is 3.96. The molecule has 0 amide bonds. The van der Waals surface area contributed by atoms with E-state index >= 15 is 0 Å². The van der Waals surface area contributed by atoms with Gasteiger partial charge < -0.3 is 10.0 Å². The summed E-state index contributed by atoms with van der Waals surface area (Å²) < 4.78 is 0. The Morgan fingerprint density at radius 1 is 1.37 bits per heavy atom. The number of hydrogen-bond acceptors (Lipinski definition) is 4. The molecule has 2 rings (SSSR count). The molecule has 1 saturated carbocycles. The van der Waals surface area contributed by atoms with E-state index in [1.165, 1.54) is 38.2 Å². The van der Waals surface area contributed by atoms with Gasteiger partial charge >= 0.3 is 0 Å². The first-order chi connectivity index (χ1) is 9.13. The zero-order chi connectivity index (χ0) is 13.8. The van der Waals surface area contributed by atoms with Crippen LogP contribution in [0, 0.1) is 10.1 Å². The van der Waals surface area contributed by atoms with Gasteiger partial charge in [-0.2, -0.15) is 0 Å². The highest BCUT2D eigenvalue weighted by Gasteiger charge is 2.20. The zero-order valence-corrected chi connectivity index (χ0v) is 11.2. The van der Waals surface area contributed by atoms with Gasteiger partial charge in [0, 0.05) is 24.8 Å². The fourth-order valence-corrected chi connectivity index (χ4v) is 2.78. The molecule has 104 valence electrons. The summed E-state index contributed by atoms with van der Waals surface area (Å²) in [6, 6.07) is 5.49. The lowest BCUT2D eigenvalue weighted by Crippen LogP contribution is -2.33. The molecule has 5 nitrogen and oxygen atoms in total. The number of rotatable bonds is 4. The van der Waals surface area contributed by atoms with Crippen LogP contribution in [0.1, 0.15) is 37.7 Å². The molecule has 0 atom stereocenters. The number of aliphatic hydroxyl groups excluding tert-OH is 1. The Balaban J connectivity index is 2.22. The third kappa shape index (κ3) is 3.04. The van der Waals surface area contributed by atoms with E-state index in [9.17, 15) is 15.2 Å². The van der Waals surface area contributed by atoms with Crippen LogP contribution in [-0.2, 0) is 6.61 Å². The van der Waals surface area contributed by atoms with Gasteiger partial charge in [0.1, 0.15) is 0 Å². The molecule has 0 unspecified atom stereocenters. The van der Waals surface area contributed by atoms with Crippen LogP contribution in [0.3, 0.4) is 0 Å². The minimum absolute atomic E-state index is 0.0108. The van der Waals surface area contributed by atoms with E-state index in [1.807, 2.05) is 7.05 Å². The summed E-state index contributed by atoms with van der Waals surface area (Å²) in [6.45, 7) is -0.303. The Bertz CT molecular complexity index is 456. The van der Waals surface area contributed by atoms with Crippen LogP contribution >= 0.6 is 0 Å². The minimum atomic E-state index is -0.448. The van der Waals surface area contributed by atoms with Crippen molar-refractivity contribution in [2.24, 2.45) is 0 Å². The first-order valence-electron chi connectivity index (χ1n) is 6.74. The van der Waals surface area contributed by atoms with E-state index in [0.29, 0.717) is 11.6 Å². The predicted molar refractivity (Wildman–Crippen MR) is 74.3 cm³/mol. The lowest BCUT2D eigenvalue weighted by atomic mass is 9.94. The monoisotopic (exact) mass is 264 g/mol. The number of nitro benzene ring substituents is 1. The lowest BCUT2D eigenvalue weighted by Gasteiger charge is -2.33. The summed E-state index contributed by atoms with van der Waals surface area (Å²) in [5.74, 6) is 0. The van der Waals surface area contributed by atoms with Gasteiger partial charge in [0.2, 0.25) is 0 Å². The van der Waals surface area contributed by atoms with Crippen LogP contribution < -0.4 is 4.90 Å². The molecule has 5 heteroatoms. The molecule has 0 saturated heterocycles. The lowest BCUT2D eigenvalue weighted by molar-refractivity contribution is -0.385. The number of anilines is 1. The second kappa shape index (κ2) is 6.02. The molecular formula is C14H20N2O3. The molecule has 0 radical (unpaired) electrons. The van der Waals surface area contributed by atoms with Crippen molar-refractivity contribution in [3.63, 3.8) is 0 Å². The Hall–Kier alpha value is -1.62. The molecule has 1 aromatic rings. The second-order valence-electron chi connectivity index (χ2n) is 5.13. The van der Waals surface area contributed by atoms with Crippen molar-refractivity contribution in [3.05, 3.63) is 33.9 Å². The van der Waals surface area contributed by atoms with Crippen molar-refractivity contribution in [1.29, 1.82) is 0 Å². The Morgan fingerprint density at radius 3 is 2.63 bits per heavy atom. The molecule has 0 bridgehead atoms. The normalized spacial score (nSPS) is 16.3. The molecule has 0 aromatic heterocycles. The predicted octanol–water partition coefficient (Wildman–Crippen LogP) is 2.86. The Kier molecular flexibility index (Phi) is 4.37. The summed E-state index contributed by atoms with van der Waals surface area (Å²) >= 11 is 0. The van der Waals surface area contributed by atoms with Crippen molar-refractivity contribution < 1.29 is 10.0 Å². The standard InChI is InChI=1S/C14H20N2O3/c1-15(12-5-3-2-4-6-12)13-7-8-14(16(18)19)11(9-13)10-17/h7-9,12,17H,2-6,10H2,1H3.